The third kappa shape index (κ3) is 3.31. The van der Waals surface area contributed by atoms with Crippen LogP contribution >= 0.6 is 0 Å². The summed E-state index contributed by atoms with van der Waals surface area (Å²) < 4.78 is 5.61. The molecule has 1 N–H and O–H groups in total. The third-order valence-electron chi connectivity index (χ3n) is 3.77. The molecule has 1 fully saturated rings. The molecule has 2 aromatic rings. The van der Waals surface area contributed by atoms with Crippen molar-refractivity contribution in [2.75, 3.05) is 37.7 Å². The van der Waals surface area contributed by atoms with Crippen LogP contribution in [0.15, 0.2) is 30.5 Å². The van der Waals surface area contributed by atoms with E-state index in [9.17, 15) is 0 Å². The van der Waals surface area contributed by atoms with Gasteiger partial charge < -0.3 is 15.0 Å². The van der Waals surface area contributed by atoms with Crippen molar-refractivity contribution in [3.05, 3.63) is 30.5 Å². The lowest BCUT2D eigenvalue weighted by molar-refractivity contribution is 0.0930. The van der Waals surface area contributed by atoms with Crippen LogP contribution < -0.4 is 10.2 Å². The topological polar surface area (TPSA) is 50.3 Å². The van der Waals surface area contributed by atoms with E-state index in [-0.39, 0.29) is 0 Å². The molecule has 1 aromatic heterocycles. The molecule has 1 aliphatic rings. The summed E-state index contributed by atoms with van der Waals surface area (Å²) in [6.45, 7) is 6.42. The maximum Gasteiger partial charge on any atom is 0.226 e. The maximum absolute atomic E-state index is 5.61. The molecule has 1 aliphatic heterocycles. The zero-order valence-electron chi connectivity index (χ0n) is 12.5. The Morgan fingerprint density at radius 3 is 3.19 bits per heavy atom. The van der Waals surface area contributed by atoms with E-state index in [2.05, 4.69) is 22.1 Å². The van der Waals surface area contributed by atoms with Crippen molar-refractivity contribution in [1.82, 2.24) is 15.3 Å². The molecule has 5 nitrogen and oxygen atoms in total. The number of para-hydroxylation sites is 1. The van der Waals surface area contributed by atoms with Crippen LogP contribution in [0.2, 0.25) is 0 Å². The summed E-state index contributed by atoms with van der Waals surface area (Å²) in [5.74, 6) is 0.806. The van der Waals surface area contributed by atoms with Gasteiger partial charge in [-0.2, -0.15) is 0 Å². The number of anilines is 1. The fourth-order valence-electron chi connectivity index (χ4n) is 2.63. The Morgan fingerprint density at radius 1 is 1.38 bits per heavy atom. The summed E-state index contributed by atoms with van der Waals surface area (Å²) in [7, 11) is 0. The monoisotopic (exact) mass is 286 g/mol. The normalized spacial score (nSPS) is 19.1. The van der Waals surface area contributed by atoms with Crippen LogP contribution in [-0.4, -0.2) is 48.9 Å². The molecule has 2 heterocycles. The molecule has 0 radical (unpaired) electrons. The van der Waals surface area contributed by atoms with Gasteiger partial charge in [0.05, 0.1) is 24.8 Å². The second-order valence-electron chi connectivity index (χ2n) is 5.36. The fourth-order valence-corrected chi connectivity index (χ4v) is 2.63. The quantitative estimate of drug-likeness (QED) is 0.850. The largest absolute Gasteiger partial charge is 0.377 e. The highest BCUT2D eigenvalue weighted by atomic mass is 16.5. The van der Waals surface area contributed by atoms with Gasteiger partial charge in [-0.25, -0.2) is 9.97 Å². The molecule has 21 heavy (non-hydrogen) atoms. The molecule has 0 aliphatic carbocycles. The molecular formula is C16H22N4O. The molecule has 0 saturated carbocycles. The van der Waals surface area contributed by atoms with Gasteiger partial charge in [0.15, 0.2) is 0 Å². The fraction of sp³-hybridized carbons (Fsp3) is 0.500. The zero-order chi connectivity index (χ0) is 14.5. The van der Waals surface area contributed by atoms with E-state index in [1.54, 1.807) is 0 Å². The first kappa shape index (κ1) is 14.2. The predicted molar refractivity (Wildman–Crippen MR) is 84.7 cm³/mol. The smallest absolute Gasteiger partial charge is 0.226 e. The molecule has 1 aromatic carbocycles. The average molecular weight is 286 g/mol. The van der Waals surface area contributed by atoms with E-state index in [0.717, 1.165) is 56.1 Å². The van der Waals surface area contributed by atoms with Crippen molar-refractivity contribution in [2.24, 2.45) is 0 Å². The molecule has 1 atom stereocenters. The van der Waals surface area contributed by atoms with Gasteiger partial charge in [0, 0.05) is 24.7 Å². The highest BCUT2D eigenvalue weighted by Crippen LogP contribution is 2.18. The first-order valence-corrected chi connectivity index (χ1v) is 7.65. The van der Waals surface area contributed by atoms with E-state index in [1.165, 1.54) is 0 Å². The molecule has 0 amide bonds. The highest BCUT2D eigenvalue weighted by Gasteiger charge is 2.24. The summed E-state index contributed by atoms with van der Waals surface area (Å²) in [5, 5.41) is 4.54. The lowest BCUT2D eigenvalue weighted by Gasteiger charge is -2.35. The molecular weight excluding hydrogens is 264 g/mol. The van der Waals surface area contributed by atoms with Crippen molar-refractivity contribution in [1.29, 1.82) is 0 Å². The molecule has 1 unspecified atom stereocenters. The predicted octanol–water partition coefficient (Wildman–Crippen LogP) is 1.83. The second kappa shape index (κ2) is 6.83. The van der Waals surface area contributed by atoms with Gasteiger partial charge in [-0.1, -0.05) is 25.1 Å². The van der Waals surface area contributed by atoms with E-state index in [1.807, 2.05) is 30.5 Å². The van der Waals surface area contributed by atoms with Gasteiger partial charge in [0.2, 0.25) is 5.95 Å². The summed E-state index contributed by atoms with van der Waals surface area (Å²) in [5.41, 5.74) is 0.995. The minimum absolute atomic E-state index is 0.298. The number of fused-ring (bicyclic) bond motifs is 1. The highest BCUT2D eigenvalue weighted by molar-refractivity contribution is 5.78. The van der Waals surface area contributed by atoms with Crippen molar-refractivity contribution in [3.8, 4) is 0 Å². The lowest BCUT2D eigenvalue weighted by atomic mass is 10.2. The molecule has 1 saturated heterocycles. The van der Waals surface area contributed by atoms with Crippen molar-refractivity contribution in [3.63, 3.8) is 0 Å². The molecule has 5 heteroatoms. The number of morpholine rings is 1. The zero-order valence-corrected chi connectivity index (χ0v) is 12.5. The van der Waals surface area contributed by atoms with Crippen LogP contribution in [0.1, 0.15) is 13.3 Å². The number of rotatable bonds is 5. The van der Waals surface area contributed by atoms with Crippen LogP contribution in [-0.2, 0) is 4.74 Å². The Bertz CT molecular complexity index is 589. The Balaban J connectivity index is 1.80. The number of nitrogens with one attached hydrogen (secondary N) is 1. The lowest BCUT2D eigenvalue weighted by Crippen LogP contribution is -2.51. The molecule has 3 rings (SSSR count). The van der Waals surface area contributed by atoms with Gasteiger partial charge >= 0.3 is 0 Å². The average Bonchev–Trinajstić information content (AvgIpc) is 2.55. The van der Waals surface area contributed by atoms with E-state index < -0.39 is 0 Å². The molecule has 112 valence electrons. The van der Waals surface area contributed by atoms with Crippen molar-refractivity contribution in [2.45, 2.75) is 19.4 Å². The van der Waals surface area contributed by atoms with E-state index >= 15 is 0 Å². The second-order valence-corrected chi connectivity index (χ2v) is 5.36. The summed E-state index contributed by atoms with van der Waals surface area (Å²) in [6, 6.07) is 8.40. The number of ether oxygens (including phenoxy) is 1. The minimum atomic E-state index is 0.298. The summed E-state index contributed by atoms with van der Waals surface area (Å²) in [4.78, 5) is 11.5. The number of hydrogen-bond donors (Lipinski definition) is 1. The summed E-state index contributed by atoms with van der Waals surface area (Å²) >= 11 is 0. The SMILES string of the molecule is CCCNCC1COCCN1c1ncc2ccccc2n1. The Morgan fingerprint density at radius 2 is 2.29 bits per heavy atom. The number of hydrogen-bond acceptors (Lipinski definition) is 5. The standard InChI is InChI=1S/C16H22N4O/c1-2-7-17-11-14-12-21-9-8-20(14)16-18-10-13-5-3-4-6-15(13)19-16/h3-6,10,14,17H,2,7-9,11-12H2,1H3. The number of benzene rings is 1. The van der Waals surface area contributed by atoms with Crippen molar-refractivity contribution >= 4 is 16.9 Å². The van der Waals surface area contributed by atoms with Gasteiger partial charge in [-0.05, 0) is 19.0 Å². The van der Waals surface area contributed by atoms with Crippen molar-refractivity contribution < 1.29 is 4.74 Å². The Labute approximate surface area is 125 Å². The Kier molecular flexibility index (Phi) is 4.62. The third-order valence-corrected chi connectivity index (χ3v) is 3.77. The first-order chi connectivity index (χ1) is 10.4. The van der Waals surface area contributed by atoms with Gasteiger partial charge in [-0.15, -0.1) is 0 Å². The van der Waals surface area contributed by atoms with Gasteiger partial charge in [0.1, 0.15) is 0 Å². The van der Waals surface area contributed by atoms with Crippen LogP contribution in [0.4, 0.5) is 5.95 Å². The van der Waals surface area contributed by atoms with Crippen LogP contribution in [0, 0.1) is 0 Å². The minimum Gasteiger partial charge on any atom is -0.377 e. The number of nitrogens with zero attached hydrogens (tertiary/aromatic N) is 3. The van der Waals surface area contributed by atoms with Crippen LogP contribution in [0.25, 0.3) is 10.9 Å². The number of aromatic nitrogens is 2. The maximum atomic E-state index is 5.61. The van der Waals surface area contributed by atoms with E-state index in [0.29, 0.717) is 6.04 Å². The van der Waals surface area contributed by atoms with E-state index in [4.69, 9.17) is 9.72 Å². The van der Waals surface area contributed by atoms with Crippen LogP contribution in [0.3, 0.4) is 0 Å². The summed E-state index contributed by atoms with van der Waals surface area (Å²) in [6.07, 6.45) is 3.05. The Hall–Kier alpha value is -1.72. The van der Waals surface area contributed by atoms with Gasteiger partial charge in [-0.3, -0.25) is 0 Å². The first-order valence-electron chi connectivity index (χ1n) is 7.65. The van der Waals surface area contributed by atoms with Crippen LogP contribution in [0.5, 0.6) is 0 Å². The molecule has 0 bridgehead atoms. The molecule has 0 spiro atoms. The van der Waals surface area contributed by atoms with Gasteiger partial charge in [0.25, 0.3) is 0 Å².